The third kappa shape index (κ3) is 2.55. The first-order chi connectivity index (χ1) is 8.09. The molecule has 0 radical (unpaired) electrons. The van der Waals surface area contributed by atoms with Gasteiger partial charge in [0.2, 0.25) is 0 Å². The Kier molecular flexibility index (Phi) is 3.57. The van der Waals surface area contributed by atoms with Crippen molar-refractivity contribution in [2.45, 2.75) is 32.1 Å². The highest BCUT2D eigenvalue weighted by Gasteiger charge is 2.30. The molecule has 1 aliphatic heterocycles. The topological polar surface area (TPSA) is 26.3 Å². The molecular formula is C14H16O2S. The van der Waals surface area contributed by atoms with E-state index in [2.05, 4.69) is 19.1 Å². The molecule has 0 aromatic heterocycles. The average molecular weight is 248 g/mol. The SMILES string of the molecule is CC(=O)C1=C(C)O[C@@H](c2ccccc2)[C@H](C)S1. The van der Waals surface area contributed by atoms with Crippen LogP contribution in [-0.2, 0) is 9.53 Å². The fraction of sp³-hybridized carbons (Fsp3) is 0.357. The number of ether oxygens (including phenoxy) is 1. The van der Waals surface area contributed by atoms with Crippen molar-refractivity contribution in [3.8, 4) is 0 Å². The monoisotopic (exact) mass is 248 g/mol. The first-order valence-electron chi connectivity index (χ1n) is 5.69. The Morgan fingerprint density at radius 3 is 2.53 bits per heavy atom. The molecule has 0 saturated heterocycles. The van der Waals surface area contributed by atoms with Gasteiger partial charge in [-0.15, -0.1) is 11.8 Å². The molecule has 0 saturated carbocycles. The number of hydrogen-bond acceptors (Lipinski definition) is 3. The Labute approximate surface area is 106 Å². The fourth-order valence-electron chi connectivity index (χ4n) is 1.98. The van der Waals surface area contributed by atoms with E-state index in [-0.39, 0.29) is 17.1 Å². The maximum atomic E-state index is 11.4. The van der Waals surface area contributed by atoms with Crippen LogP contribution >= 0.6 is 11.8 Å². The van der Waals surface area contributed by atoms with Crippen LogP contribution in [0.25, 0.3) is 0 Å². The molecule has 0 bridgehead atoms. The van der Waals surface area contributed by atoms with Crippen molar-refractivity contribution in [3.63, 3.8) is 0 Å². The number of ketones is 1. The summed E-state index contributed by atoms with van der Waals surface area (Å²) in [4.78, 5) is 12.2. The minimum Gasteiger partial charge on any atom is -0.488 e. The van der Waals surface area contributed by atoms with Crippen LogP contribution in [0, 0.1) is 0 Å². The molecule has 1 heterocycles. The van der Waals surface area contributed by atoms with Crippen molar-refractivity contribution < 1.29 is 9.53 Å². The van der Waals surface area contributed by atoms with Gasteiger partial charge >= 0.3 is 0 Å². The molecule has 0 spiro atoms. The van der Waals surface area contributed by atoms with Crippen molar-refractivity contribution in [2.24, 2.45) is 0 Å². The van der Waals surface area contributed by atoms with Crippen molar-refractivity contribution in [2.75, 3.05) is 0 Å². The number of allylic oxidation sites excluding steroid dienone is 2. The highest BCUT2D eigenvalue weighted by Crippen LogP contribution is 2.41. The summed E-state index contributed by atoms with van der Waals surface area (Å²) in [5, 5.41) is 0.250. The summed E-state index contributed by atoms with van der Waals surface area (Å²) >= 11 is 1.61. The van der Waals surface area contributed by atoms with Crippen molar-refractivity contribution in [1.29, 1.82) is 0 Å². The Hall–Kier alpha value is -1.22. The molecule has 0 N–H and O–H groups in total. The zero-order chi connectivity index (χ0) is 12.4. The van der Waals surface area contributed by atoms with Crippen LogP contribution in [0.2, 0.25) is 0 Å². The summed E-state index contributed by atoms with van der Waals surface area (Å²) in [7, 11) is 0. The van der Waals surface area contributed by atoms with E-state index in [0.29, 0.717) is 0 Å². The maximum absolute atomic E-state index is 11.4. The molecule has 0 amide bonds. The van der Waals surface area contributed by atoms with E-state index < -0.39 is 0 Å². The second-order valence-electron chi connectivity index (χ2n) is 4.21. The Bertz CT molecular complexity index is 451. The Balaban J connectivity index is 2.28. The summed E-state index contributed by atoms with van der Waals surface area (Å²) in [5.41, 5.74) is 1.16. The normalized spacial score (nSPS) is 24.4. The predicted octanol–water partition coefficient (Wildman–Crippen LogP) is 3.70. The Morgan fingerprint density at radius 2 is 1.94 bits per heavy atom. The van der Waals surface area contributed by atoms with Crippen LogP contribution in [0.4, 0.5) is 0 Å². The predicted molar refractivity (Wildman–Crippen MR) is 70.7 cm³/mol. The molecule has 0 fully saturated rings. The zero-order valence-electron chi connectivity index (χ0n) is 10.3. The van der Waals surface area contributed by atoms with Crippen LogP contribution in [0.5, 0.6) is 0 Å². The number of hydrogen-bond donors (Lipinski definition) is 0. The first-order valence-corrected chi connectivity index (χ1v) is 6.57. The van der Waals surface area contributed by atoms with Crippen molar-refractivity contribution in [3.05, 3.63) is 46.6 Å². The molecule has 3 heteroatoms. The standard InChI is InChI=1S/C14H16O2S/c1-9(15)14-10(2)16-13(11(3)17-14)12-7-5-4-6-8-12/h4-8,11,13H,1-3H3/t11-,13+/m0/s1. The van der Waals surface area contributed by atoms with Crippen LogP contribution in [0.15, 0.2) is 41.0 Å². The molecule has 1 aromatic carbocycles. The van der Waals surface area contributed by atoms with Gasteiger partial charge in [0.1, 0.15) is 11.9 Å². The third-order valence-corrected chi connectivity index (χ3v) is 4.23. The first kappa shape index (κ1) is 12.2. The summed E-state index contributed by atoms with van der Waals surface area (Å²) in [5.74, 6) is 0.834. The molecule has 2 rings (SSSR count). The molecule has 2 nitrogen and oxygen atoms in total. The molecule has 90 valence electrons. The molecule has 0 aliphatic carbocycles. The van der Waals surface area contributed by atoms with E-state index in [1.807, 2.05) is 25.1 Å². The largest absolute Gasteiger partial charge is 0.488 e. The number of thioether (sulfide) groups is 1. The van der Waals surface area contributed by atoms with Crippen molar-refractivity contribution in [1.82, 2.24) is 0 Å². The quantitative estimate of drug-likeness (QED) is 0.798. The van der Waals surface area contributed by atoms with E-state index in [1.165, 1.54) is 0 Å². The zero-order valence-corrected chi connectivity index (χ0v) is 11.1. The van der Waals surface area contributed by atoms with Gasteiger partial charge in [-0.25, -0.2) is 0 Å². The number of benzene rings is 1. The van der Waals surface area contributed by atoms with Gasteiger partial charge in [-0.2, -0.15) is 0 Å². The Morgan fingerprint density at radius 1 is 1.29 bits per heavy atom. The van der Waals surface area contributed by atoms with Crippen LogP contribution in [0.3, 0.4) is 0 Å². The summed E-state index contributed by atoms with van der Waals surface area (Å²) in [6.07, 6.45) is 0.0318. The minimum absolute atomic E-state index is 0.0318. The van der Waals surface area contributed by atoms with Gasteiger partial charge < -0.3 is 4.74 Å². The second-order valence-corrected chi connectivity index (χ2v) is 5.60. The lowest BCUT2D eigenvalue weighted by atomic mass is 10.1. The molecule has 0 unspecified atom stereocenters. The van der Waals surface area contributed by atoms with Gasteiger partial charge in [-0.05, 0) is 26.3 Å². The van der Waals surface area contributed by atoms with Crippen LogP contribution in [-0.4, -0.2) is 11.0 Å². The van der Waals surface area contributed by atoms with Gasteiger partial charge in [0.05, 0.1) is 4.91 Å². The average Bonchev–Trinajstić information content (AvgIpc) is 2.32. The lowest BCUT2D eigenvalue weighted by Crippen LogP contribution is -2.21. The minimum atomic E-state index is 0.0318. The fourth-order valence-corrected chi connectivity index (χ4v) is 3.07. The lowest BCUT2D eigenvalue weighted by Gasteiger charge is -2.31. The maximum Gasteiger partial charge on any atom is 0.169 e. The van der Waals surface area contributed by atoms with E-state index in [4.69, 9.17) is 4.74 Å². The molecule has 1 aromatic rings. The number of rotatable bonds is 2. The molecular weight excluding hydrogens is 232 g/mol. The highest BCUT2D eigenvalue weighted by atomic mass is 32.2. The van der Waals surface area contributed by atoms with Gasteiger partial charge in [0, 0.05) is 5.25 Å². The third-order valence-electron chi connectivity index (χ3n) is 2.80. The van der Waals surface area contributed by atoms with E-state index in [1.54, 1.807) is 18.7 Å². The second kappa shape index (κ2) is 4.96. The number of carbonyl (C=O) groups excluding carboxylic acids is 1. The summed E-state index contributed by atoms with van der Waals surface area (Å²) < 4.78 is 5.90. The molecule has 17 heavy (non-hydrogen) atoms. The highest BCUT2D eigenvalue weighted by molar-refractivity contribution is 8.04. The van der Waals surface area contributed by atoms with Crippen LogP contribution < -0.4 is 0 Å². The lowest BCUT2D eigenvalue weighted by molar-refractivity contribution is -0.113. The van der Waals surface area contributed by atoms with E-state index in [9.17, 15) is 4.79 Å². The van der Waals surface area contributed by atoms with Gasteiger partial charge in [0.25, 0.3) is 0 Å². The van der Waals surface area contributed by atoms with Gasteiger partial charge in [-0.3, -0.25) is 4.79 Å². The summed E-state index contributed by atoms with van der Waals surface area (Å²) in [6.45, 7) is 5.55. The van der Waals surface area contributed by atoms with Crippen molar-refractivity contribution >= 4 is 17.5 Å². The van der Waals surface area contributed by atoms with Gasteiger partial charge in [-0.1, -0.05) is 30.3 Å². The molecule has 2 atom stereocenters. The molecule has 1 aliphatic rings. The van der Waals surface area contributed by atoms with E-state index >= 15 is 0 Å². The number of Topliss-reactive ketones (excluding diaryl/α,β-unsaturated/α-hetero) is 1. The smallest absolute Gasteiger partial charge is 0.169 e. The summed E-state index contributed by atoms with van der Waals surface area (Å²) in [6, 6.07) is 10.1. The van der Waals surface area contributed by atoms with E-state index in [0.717, 1.165) is 16.2 Å². The van der Waals surface area contributed by atoms with Crippen LogP contribution in [0.1, 0.15) is 32.4 Å². The number of carbonyl (C=O) groups is 1. The van der Waals surface area contributed by atoms with Gasteiger partial charge in [0.15, 0.2) is 5.78 Å².